The molecular formula is C17H18F2N2O2. The molecule has 1 aliphatic rings. The van der Waals surface area contributed by atoms with Gasteiger partial charge in [-0.15, -0.1) is 0 Å². The fourth-order valence-corrected chi connectivity index (χ4v) is 2.83. The Morgan fingerprint density at radius 2 is 2.22 bits per heavy atom. The highest BCUT2D eigenvalue weighted by Crippen LogP contribution is 2.24. The van der Waals surface area contributed by atoms with Gasteiger partial charge in [-0.25, -0.2) is 8.78 Å². The minimum Gasteiger partial charge on any atom is -0.469 e. The van der Waals surface area contributed by atoms with Crippen LogP contribution in [0.1, 0.15) is 18.6 Å². The van der Waals surface area contributed by atoms with Crippen molar-refractivity contribution < 1.29 is 18.0 Å². The number of carbonyl (C=O) groups excluding carboxylic acids is 1. The summed E-state index contributed by atoms with van der Waals surface area (Å²) in [4.78, 5) is 13.8. The molecule has 0 bridgehead atoms. The quantitative estimate of drug-likeness (QED) is 0.921. The molecule has 1 unspecified atom stereocenters. The molecule has 1 aromatic carbocycles. The van der Waals surface area contributed by atoms with Gasteiger partial charge in [0.25, 0.3) is 0 Å². The second-order valence-corrected chi connectivity index (χ2v) is 5.67. The molecule has 4 nitrogen and oxygen atoms in total. The Bertz CT molecular complexity index is 673. The number of anilines is 1. The van der Waals surface area contributed by atoms with Crippen LogP contribution >= 0.6 is 0 Å². The third kappa shape index (κ3) is 3.88. The number of amides is 1. The molecule has 0 aliphatic carbocycles. The molecule has 1 fully saturated rings. The lowest BCUT2D eigenvalue weighted by molar-refractivity contribution is -0.121. The fraction of sp³-hybridized carbons (Fsp3) is 0.353. The highest BCUT2D eigenvalue weighted by atomic mass is 19.1. The van der Waals surface area contributed by atoms with Crippen LogP contribution < -0.4 is 10.2 Å². The van der Waals surface area contributed by atoms with E-state index < -0.39 is 11.6 Å². The Kier molecular flexibility index (Phi) is 4.60. The van der Waals surface area contributed by atoms with Crippen LogP contribution in [0.25, 0.3) is 0 Å². The second kappa shape index (κ2) is 6.81. The maximum absolute atomic E-state index is 13.8. The van der Waals surface area contributed by atoms with E-state index in [0.717, 1.165) is 18.2 Å². The molecule has 2 heterocycles. The number of carbonyl (C=O) groups is 1. The summed E-state index contributed by atoms with van der Waals surface area (Å²) in [7, 11) is 0. The Labute approximate surface area is 133 Å². The third-order valence-electron chi connectivity index (χ3n) is 3.98. The monoisotopic (exact) mass is 320 g/mol. The van der Waals surface area contributed by atoms with Gasteiger partial charge >= 0.3 is 0 Å². The van der Waals surface area contributed by atoms with Crippen LogP contribution in [0.15, 0.2) is 41.0 Å². The second-order valence-electron chi connectivity index (χ2n) is 5.67. The van der Waals surface area contributed by atoms with Crippen LogP contribution in [0.5, 0.6) is 0 Å². The largest absolute Gasteiger partial charge is 0.469 e. The lowest BCUT2D eigenvalue weighted by Gasteiger charge is -2.19. The zero-order chi connectivity index (χ0) is 16.2. The van der Waals surface area contributed by atoms with Gasteiger partial charge in [-0.2, -0.15) is 0 Å². The summed E-state index contributed by atoms with van der Waals surface area (Å²) in [5.41, 5.74) is 0.374. The average molecular weight is 320 g/mol. The zero-order valence-corrected chi connectivity index (χ0v) is 12.6. The van der Waals surface area contributed by atoms with Crippen LogP contribution in [0.4, 0.5) is 14.5 Å². The number of hydrogen-bond donors (Lipinski definition) is 1. The summed E-state index contributed by atoms with van der Waals surface area (Å²) in [5.74, 6) is -0.433. The first-order chi connectivity index (χ1) is 11.1. The van der Waals surface area contributed by atoms with Gasteiger partial charge in [-0.3, -0.25) is 4.79 Å². The smallest absolute Gasteiger partial charge is 0.220 e. The van der Waals surface area contributed by atoms with E-state index in [2.05, 4.69) is 5.32 Å². The van der Waals surface area contributed by atoms with Gasteiger partial charge in [0.2, 0.25) is 5.91 Å². The van der Waals surface area contributed by atoms with Crippen LogP contribution in [-0.2, 0) is 11.2 Å². The molecule has 23 heavy (non-hydrogen) atoms. The lowest BCUT2D eigenvalue weighted by atomic mass is 10.2. The minimum atomic E-state index is -0.590. The predicted octanol–water partition coefficient (Wildman–Crippen LogP) is 2.89. The van der Waals surface area contributed by atoms with Crippen molar-refractivity contribution in [2.24, 2.45) is 0 Å². The van der Waals surface area contributed by atoms with Gasteiger partial charge in [0.05, 0.1) is 12.0 Å². The minimum absolute atomic E-state index is 0.0245. The van der Waals surface area contributed by atoms with Crippen molar-refractivity contribution in [1.29, 1.82) is 0 Å². The Balaban J connectivity index is 1.50. The van der Waals surface area contributed by atoms with Crippen LogP contribution in [-0.4, -0.2) is 25.0 Å². The molecule has 1 atom stereocenters. The van der Waals surface area contributed by atoms with E-state index in [1.807, 2.05) is 11.0 Å². The lowest BCUT2D eigenvalue weighted by Crippen LogP contribution is -2.37. The van der Waals surface area contributed by atoms with E-state index in [4.69, 9.17) is 4.42 Å². The predicted molar refractivity (Wildman–Crippen MR) is 82.1 cm³/mol. The van der Waals surface area contributed by atoms with Crippen LogP contribution in [0.3, 0.4) is 0 Å². The number of aryl methyl sites for hydroxylation is 1. The maximum atomic E-state index is 13.8. The summed E-state index contributed by atoms with van der Waals surface area (Å²) < 4.78 is 31.9. The Hall–Kier alpha value is -2.37. The first-order valence-electron chi connectivity index (χ1n) is 7.63. The molecule has 1 N–H and O–H groups in total. The number of rotatable bonds is 5. The maximum Gasteiger partial charge on any atom is 0.220 e. The molecule has 1 amide bonds. The van der Waals surface area contributed by atoms with E-state index in [-0.39, 0.29) is 11.9 Å². The molecule has 1 saturated heterocycles. The van der Waals surface area contributed by atoms with Gasteiger partial charge in [-0.1, -0.05) is 0 Å². The van der Waals surface area contributed by atoms with Crippen molar-refractivity contribution in [3.63, 3.8) is 0 Å². The van der Waals surface area contributed by atoms with Gasteiger partial charge < -0.3 is 14.6 Å². The van der Waals surface area contributed by atoms with E-state index in [1.165, 1.54) is 12.1 Å². The van der Waals surface area contributed by atoms with Gasteiger partial charge in [0.1, 0.15) is 17.4 Å². The summed E-state index contributed by atoms with van der Waals surface area (Å²) in [6, 6.07) is 7.16. The van der Waals surface area contributed by atoms with Gasteiger partial charge in [-0.05, 0) is 30.7 Å². The molecule has 3 rings (SSSR count). The topological polar surface area (TPSA) is 45.5 Å². The fourth-order valence-electron chi connectivity index (χ4n) is 2.83. The molecule has 1 aromatic heterocycles. The highest BCUT2D eigenvalue weighted by molar-refractivity contribution is 5.76. The molecule has 0 saturated carbocycles. The summed E-state index contributed by atoms with van der Waals surface area (Å²) >= 11 is 0. The molecule has 0 radical (unpaired) electrons. The van der Waals surface area contributed by atoms with E-state index in [9.17, 15) is 13.6 Å². The number of halogens is 2. The van der Waals surface area contributed by atoms with Crippen molar-refractivity contribution in [3.8, 4) is 0 Å². The molecule has 6 heteroatoms. The Morgan fingerprint density at radius 1 is 1.35 bits per heavy atom. The highest BCUT2D eigenvalue weighted by Gasteiger charge is 2.25. The molecule has 1 aliphatic heterocycles. The third-order valence-corrected chi connectivity index (χ3v) is 3.98. The number of hydrogen-bond acceptors (Lipinski definition) is 3. The molecule has 0 spiro atoms. The zero-order valence-electron chi connectivity index (χ0n) is 12.6. The summed E-state index contributed by atoms with van der Waals surface area (Å²) in [6.45, 7) is 1.15. The van der Waals surface area contributed by atoms with Gasteiger partial charge in [0, 0.05) is 38.0 Å². The molecule has 122 valence electrons. The van der Waals surface area contributed by atoms with Crippen molar-refractivity contribution >= 4 is 11.6 Å². The van der Waals surface area contributed by atoms with Crippen LogP contribution in [0.2, 0.25) is 0 Å². The molecular weight excluding hydrogens is 302 g/mol. The summed E-state index contributed by atoms with van der Waals surface area (Å²) in [5, 5.41) is 2.95. The Morgan fingerprint density at radius 3 is 2.96 bits per heavy atom. The van der Waals surface area contributed by atoms with Crippen molar-refractivity contribution in [2.75, 3.05) is 18.0 Å². The van der Waals surface area contributed by atoms with E-state index >= 15 is 0 Å². The van der Waals surface area contributed by atoms with E-state index in [1.54, 1.807) is 12.3 Å². The number of nitrogens with zero attached hydrogens (tertiary/aromatic N) is 1. The first-order valence-corrected chi connectivity index (χ1v) is 7.63. The molecule has 2 aromatic rings. The van der Waals surface area contributed by atoms with Crippen LogP contribution in [0, 0.1) is 11.6 Å². The number of furan rings is 1. The standard InChI is InChI=1S/C17H18F2N2O2/c18-12-3-5-16(15(19)10-12)21-8-7-13(11-21)20-17(22)6-4-14-2-1-9-23-14/h1-3,5,9-10,13H,4,6-8,11H2,(H,20,22). The van der Waals surface area contributed by atoms with Crippen molar-refractivity contribution in [2.45, 2.75) is 25.3 Å². The normalized spacial score (nSPS) is 17.5. The van der Waals surface area contributed by atoms with Crippen molar-refractivity contribution in [1.82, 2.24) is 5.32 Å². The average Bonchev–Trinajstić information content (AvgIpc) is 3.17. The number of nitrogens with one attached hydrogen (secondary N) is 1. The first kappa shape index (κ1) is 15.5. The van der Waals surface area contributed by atoms with Gasteiger partial charge in [0.15, 0.2) is 0 Å². The van der Waals surface area contributed by atoms with Crippen molar-refractivity contribution in [3.05, 3.63) is 54.0 Å². The SMILES string of the molecule is O=C(CCc1ccco1)NC1CCN(c2ccc(F)cc2F)C1. The number of benzene rings is 1. The summed E-state index contributed by atoms with van der Waals surface area (Å²) in [6.07, 6.45) is 3.24. The van der Waals surface area contributed by atoms with E-state index in [0.29, 0.717) is 31.6 Å².